The van der Waals surface area contributed by atoms with Gasteiger partial charge in [-0.15, -0.1) is 24.0 Å². The molecular formula is C20H27FIN3O2S2. The minimum absolute atomic E-state index is 0. The summed E-state index contributed by atoms with van der Waals surface area (Å²) >= 11 is 1.65. The van der Waals surface area contributed by atoms with Gasteiger partial charge in [0.05, 0.1) is 4.90 Å². The van der Waals surface area contributed by atoms with E-state index < -0.39 is 9.84 Å². The molecule has 160 valence electrons. The molecule has 0 atom stereocenters. The number of nitrogens with one attached hydrogen (secondary N) is 2. The fourth-order valence-electron chi connectivity index (χ4n) is 2.68. The molecule has 0 spiro atoms. The zero-order valence-electron chi connectivity index (χ0n) is 16.7. The molecule has 0 aromatic heterocycles. The smallest absolute Gasteiger partial charge is 0.191 e. The molecule has 0 fully saturated rings. The first-order valence-corrected chi connectivity index (χ1v) is 11.9. The Morgan fingerprint density at radius 2 is 1.90 bits per heavy atom. The molecule has 2 rings (SSSR count). The molecule has 0 saturated heterocycles. The van der Waals surface area contributed by atoms with E-state index in [1.807, 2.05) is 12.1 Å². The molecule has 0 radical (unpaired) electrons. The molecule has 9 heteroatoms. The Bertz CT molecular complexity index is 937. The van der Waals surface area contributed by atoms with Gasteiger partial charge in [-0.05, 0) is 35.7 Å². The molecule has 2 aromatic carbocycles. The molecule has 0 heterocycles. The lowest BCUT2D eigenvalue weighted by Crippen LogP contribution is -2.38. The molecule has 5 nitrogen and oxygen atoms in total. The second-order valence-corrected chi connectivity index (χ2v) is 9.46. The molecule has 29 heavy (non-hydrogen) atoms. The van der Waals surface area contributed by atoms with Crippen LogP contribution in [0.1, 0.15) is 16.7 Å². The summed E-state index contributed by atoms with van der Waals surface area (Å²) in [5, 5.41) is 6.43. The van der Waals surface area contributed by atoms with Gasteiger partial charge < -0.3 is 10.6 Å². The number of nitrogens with zero attached hydrogens (tertiary/aromatic N) is 1. The highest BCUT2D eigenvalue weighted by Gasteiger charge is 2.11. The third kappa shape index (κ3) is 8.51. The zero-order chi connectivity index (χ0) is 20.6. The van der Waals surface area contributed by atoms with Crippen molar-refractivity contribution >= 4 is 51.5 Å². The van der Waals surface area contributed by atoms with Crippen LogP contribution in [0.5, 0.6) is 0 Å². The summed E-state index contributed by atoms with van der Waals surface area (Å²) in [6, 6.07) is 12.1. The SMILES string of the molecule is CN=C(NCCSCc1ccccc1F)NCc1ccc(S(C)(=O)=O)c(C)c1.I. The van der Waals surface area contributed by atoms with E-state index in [0.29, 0.717) is 35.3 Å². The maximum absolute atomic E-state index is 13.6. The van der Waals surface area contributed by atoms with Crippen LogP contribution < -0.4 is 10.6 Å². The Kier molecular flexibility index (Phi) is 11.0. The van der Waals surface area contributed by atoms with Crippen LogP contribution in [0.4, 0.5) is 4.39 Å². The van der Waals surface area contributed by atoms with Gasteiger partial charge in [0.2, 0.25) is 0 Å². The van der Waals surface area contributed by atoms with E-state index in [9.17, 15) is 12.8 Å². The average Bonchev–Trinajstić information content (AvgIpc) is 2.64. The number of hydrogen-bond donors (Lipinski definition) is 2. The number of sulfone groups is 1. The largest absolute Gasteiger partial charge is 0.356 e. The van der Waals surface area contributed by atoms with Crippen LogP contribution in [-0.4, -0.2) is 40.0 Å². The molecule has 0 aliphatic rings. The maximum Gasteiger partial charge on any atom is 0.191 e. The summed E-state index contributed by atoms with van der Waals surface area (Å²) < 4.78 is 37.0. The molecule has 0 amide bonds. The molecule has 2 aromatic rings. The first kappa shape index (κ1) is 25.7. The number of rotatable bonds is 8. The molecular weight excluding hydrogens is 524 g/mol. The van der Waals surface area contributed by atoms with Crippen LogP contribution in [0, 0.1) is 12.7 Å². The minimum Gasteiger partial charge on any atom is -0.356 e. The molecule has 0 unspecified atom stereocenters. The number of thioether (sulfide) groups is 1. The van der Waals surface area contributed by atoms with E-state index in [1.54, 1.807) is 50.0 Å². The second-order valence-electron chi connectivity index (χ2n) is 6.37. The third-order valence-electron chi connectivity index (χ3n) is 4.08. The Morgan fingerprint density at radius 1 is 1.17 bits per heavy atom. The van der Waals surface area contributed by atoms with Crippen LogP contribution in [0.25, 0.3) is 0 Å². The van der Waals surface area contributed by atoms with Crippen LogP contribution >= 0.6 is 35.7 Å². The van der Waals surface area contributed by atoms with Crippen molar-refractivity contribution in [1.29, 1.82) is 0 Å². The Balaban J connectivity index is 0.00000420. The summed E-state index contributed by atoms with van der Waals surface area (Å²) in [6.45, 7) is 3.03. The number of aryl methyl sites for hydroxylation is 1. The minimum atomic E-state index is -3.21. The van der Waals surface area contributed by atoms with Crippen LogP contribution in [0.3, 0.4) is 0 Å². The topological polar surface area (TPSA) is 70.6 Å². The van der Waals surface area contributed by atoms with Gasteiger partial charge in [-0.2, -0.15) is 11.8 Å². The Labute approximate surface area is 193 Å². The van der Waals surface area contributed by atoms with E-state index >= 15 is 0 Å². The van der Waals surface area contributed by atoms with Crippen molar-refractivity contribution < 1.29 is 12.8 Å². The van der Waals surface area contributed by atoms with Crippen LogP contribution in [0.2, 0.25) is 0 Å². The maximum atomic E-state index is 13.6. The summed E-state index contributed by atoms with van der Waals surface area (Å²) in [7, 11) is -1.51. The highest BCUT2D eigenvalue weighted by Crippen LogP contribution is 2.17. The number of hydrogen-bond acceptors (Lipinski definition) is 4. The van der Waals surface area contributed by atoms with Gasteiger partial charge in [0.1, 0.15) is 5.82 Å². The quantitative estimate of drug-likeness (QED) is 0.227. The molecule has 0 aliphatic carbocycles. The normalized spacial score (nSPS) is 11.7. The summed E-state index contributed by atoms with van der Waals surface area (Å²) in [4.78, 5) is 4.53. The number of benzene rings is 2. The standard InChI is InChI=1S/C20H26FN3O2S2.HI/c1-15-12-16(8-9-19(15)28(3,25)26)13-24-20(22-2)23-10-11-27-14-17-6-4-5-7-18(17)21;/h4-9,12H,10-11,13-14H2,1-3H3,(H2,22,23,24);1H. The van der Waals surface area contributed by atoms with E-state index in [1.165, 1.54) is 12.3 Å². The first-order chi connectivity index (χ1) is 13.3. The van der Waals surface area contributed by atoms with Gasteiger partial charge in [0.15, 0.2) is 15.8 Å². The van der Waals surface area contributed by atoms with Crippen molar-refractivity contribution in [2.75, 3.05) is 25.6 Å². The lowest BCUT2D eigenvalue weighted by molar-refractivity contribution is 0.601. The molecule has 0 bridgehead atoms. The predicted molar refractivity (Wildman–Crippen MR) is 130 cm³/mol. The van der Waals surface area contributed by atoms with Gasteiger partial charge in [-0.3, -0.25) is 4.99 Å². The predicted octanol–water partition coefficient (Wildman–Crippen LogP) is 3.75. The van der Waals surface area contributed by atoms with E-state index in [2.05, 4.69) is 15.6 Å². The average molecular weight is 551 g/mol. The van der Waals surface area contributed by atoms with E-state index in [-0.39, 0.29) is 29.8 Å². The van der Waals surface area contributed by atoms with Crippen molar-refractivity contribution in [2.24, 2.45) is 4.99 Å². The van der Waals surface area contributed by atoms with E-state index in [0.717, 1.165) is 16.9 Å². The van der Waals surface area contributed by atoms with Crippen molar-refractivity contribution in [3.05, 3.63) is 65.0 Å². The fourth-order valence-corrected chi connectivity index (χ4v) is 4.49. The number of halogens is 2. The lowest BCUT2D eigenvalue weighted by atomic mass is 10.1. The second kappa shape index (κ2) is 12.4. The van der Waals surface area contributed by atoms with Gasteiger partial charge in [0, 0.05) is 37.9 Å². The summed E-state index contributed by atoms with van der Waals surface area (Å²) in [6.07, 6.45) is 1.21. The van der Waals surface area contributed by atoms with Gasteiger partial charge in [0.25, 0.3) is 0 Å². The monoisotopic (exact) mass is 551 g/mol. The van der Waals surface area contributed by atoms with Crippen LogP contribution in [0.15, 0.2) is 52.4 Å². The first-order valence-electron chi connectivity index (χ1n) is 8.86. The summed E-state index contributed by atoms with van der Waals surface area (Å²) in [5.41, 5.74) is 2.42. The van der Waals surface area contributed by atoms with Crippen LogP contribution in [-0.2, 0) is 22.1 Å². The van der Waals surface area contributed by atoms with Crippen molar-refractivity contribution in [3.8, 4) is 0 Å². The fraction of sp³-hybridized carbons (Fsp3) is 0.350. The van der Waals surface area contributed by atoms with Crippen molar-refractivity contribution in [2.45, 2.75) is 24.1 Å². The van der Waals surface area contributed by atoms with Gasteiger partial charge in [-0.1, -0.05) is 30.3 Å². The molecule has 0 saturated carbocycles. The molecule has 0 aliphatic heterocycles. The Hall–Kier alpha value is -1.33. The Morgan fingerprint density at radius 3 is 2.52 bits per heavy atom. The van der Waals surface area contributed by atoms with Crippen molar-refractivity contribution in [3.63, 3.8) is 0 Å². The number of aliphatic imine (C=N–C) groups is 1. The molecule has 2 N–H and O–H groups in total. The summed E-state index contributed by atoms with van der Waals surface area (Å²) in [5.74, 6) is 1.94. The zero-order valence-corrected chi connectivity index (χ0v) is 20.7. The van der Waals surface area contributed by atoms with Gasteiger partial charge in [-0.25, -0.2) is 12.8 Å². The number of guanidine groups is 1. The van der Waals surface area contributed by atoms with Gasteiger partial charge >= 0.3 is 0 Å². The highest BCUT2D eigenvalue weighted by atomic mass is 127. The van der Waals surface area contributed by atoms with E-state index in [4.69, 9.17) is 0 Å². The third-order valence-corrected chi connectivity index (χ3v) is 6.34. The van der Waals surface area contributed by atoms with Crippen molar-refractivity contribution in [1.82, 2.24) is 10.6 Å². The lowest BCUT2D eigenvalue weighted by Gasteiger charge is -2.13. The highest BCUT2D eigenvalue weighted by molar-refractivity contribution is 14.0.